The van der Waals surface area contributed by atoms with Crippen molar-refractivity contribution in [1.82, 2.24) is 20.1 Å². The highest BCUT2D eigenvalue weighted by Gasteiger charge is 2.10. The molecule has 0 unspecified atom stereocenters. The molecule has 5 heteroatoms. The number of benzene rings is 1. The Labute approximate surface area is 116 Å². The minimum absolute atomic E-state index is 0.104. The molecule has 0 radical (unpaired) electrons. The molecule has 20 heavy (non-hydrogen) atoms. The molecule has 1 amide bonds. The standard InChI is InChI=1S/C15H14N4O/c1-19-10-11(9-18-19)8-17-15(20)13-4-2-6-14-12(13)5-3-7-16-14/h2-7,9-10H,8H2,1H3,(H,17,20). The summed E-state index contributed by atoms with van der Waals surface area (Å²) in [5.41, 5.74) is 2.43. The van der Waals surface area contributed by atoms with Crippen molar-refractivity contribution in [1.29, 1.82) is 0 Å². The van der Waals surface area contributed by atoms with Gasteiger partial charge in [-0.3, -0.25) is 14.5 Å². The predicted octanol–water partition coefficient (Wildman–Crippen LogP) is 1.90. The van der Waals surface area contributed by atoms with Crippen LogP contribution in [0.4, 0.5) is 0 Å². The fourth-order valence-electron chi connectivity index (χ4n) is 2.14. The van der Waals surface area contributed by atoms with E-state index in [1.165, 1.54) is 0 Å². The highest BCUT2D eigenvalue weighted by Crippen LogP contribution is 2.16. The molecule has 0 aliphatic rings. The van der Waals surface area contributed by atoms with Crippen LogP contribution in [0.5, 0.6) is 0 Å². The van der Waals surface area contributed by atoms with E-state index in [9.17, 15) is 4.79 Å². The quantitative estimate of drug-likeness (QED) is 0.787. The van der Waals surface area contributed by atoms with Crippen molar-refractivity contribution < 1.29 is 4.79 Å². The molecule has 0 atom stereocenters. The second-order valence-electron chi connectivity index (χ2n) is 4.58. The van der Waals surface area contributed by atoms with Crippen LogP contribution in [0.2, 0.25) is 0 Å². The van der Waals surface area contributed by atoms with Gasteiger partial charge in [0.2, 0.25) is 0 Å². The van der Waals surface area contributed by atoms with Crippen LogP contribution in [-0.4, -0.2) is 20.7 Å². The average Bonchev–Trinajstić information content (AvgIpc) is 2.90. The van der Waals surface area contributed by atoms with Crippen molar-refractivity contribution in [3.8, 4) is 0 Å². The predicted molar refractivity (Wildman–Crippen MR) is 76.1 cm³/mol. The summed E-state index contributed by atoms with van der Waals surface area (Å²) in [7, 11) is 1.85. The van der Waals surface area contributed by atoms with E-state index < -0.39 is 0 Å². The SMILES string of the molecule is Cn1cc(CNC(=O)c2cccc3ncccc23)cn1. The lowest BCUT2D eigenvalue weighted by Gasteiger charge is -2.06. The van der Waals surface area contributed by atoms with E-state index in [-0.39, 0.29) is 5.91 Å². The maximum Gasteiger partial charge on any atom is 0.252 e. The van der Waals surface area contributed by atoms with Crippen LogP contribution in [0.1, 0.15) is 15.9 Å². The van der Waals surface area contributed by atoms with E-state index in [0.717, 1.165) is 16.5 Å². The van der Waals surface area contributed by atoms with Gasteiger partial charge in [0.15, 0.2) is 0 Å². The summed E-state index contributed by atoms with van der Waals surface area (Å²) in [5, 5.41) is 7.83. The van der Waals surface area contributed by atoms with E-state index in [0.29, 0.717) is 12.1 Å². The van der Waals surface area contributed by atoms with Gasteiger partial charge in [0.05, 0.1) is 11.7 Å². The monoisotopic (exact) mass is 266 g/mol. The van der Waals surface area contributed by atoms with E-state index in [1.54, 1.807) is 17.1 Å². The molecule has 1 aromatic carbocycles. The molecule has 3 rings (SSSR count). The lowest BCUT2D eigenvalue weighted by atomic mass is 10.1. The molecule has 2 aromatic heterocycles. The molecule has 3 aromatic rings. The van der Waals surface area contributed by atoms with Gasteiger partial charge in [-0.15, -0.1) is 0 Å². The number of hydrogen-bond acceptors (Lipinski definition) is 3. The Morgan fingerprint density at radius 1 is 1.30 bits per heavy atom. The van der Waals surface area contributed by atoms with Gasteiger partial charge < -0.3 is 5.32 Å². The van der Waals surface area contributed by atoms with Gasteiger partial charge in [0.25, 0.3) is 5.91 Å². The van der Waals surface area contributed by atoms with E-state index in [2.05, 4.69) is 15.4 Å². The normalized spacial score (nSPS) is 10.7. The molecule has 0 aliphatic carbocycles. The Morgan fingerprint density at radius 2 is 2.20 bits per heavy atom. The third kappa shape index (κ3) is 2.38. The minimum atomic E-state index is -0.104. The van der Waals surface area contributed by atoms with Crippen molar-refractivity contribution >= 4 is 16.8 Å². The summed E-state index contributed by atoms with van der Waals surface area (Å²) in [5.74, 6) is -0.104. The Morgan fingerprint density at radius 3 is 3.00 bits per heavy atom. The van der Waals surface area contributed by atoms with Crippen molar-refractivity contribution in [3.05, 3.63) is 60.0 Å². The second kappa shape index (κ2) is 5.13. The number of carbonyl (C=O) groups is 1. The first-order valence-electron chi connectivity index (χ1n) is 6.33. The second-order valence-corrected chi connectivity index (χ2v) is 4.58. The first kappa shape index (κ1) is 12.3. The number of carbonyl (C=O) groups excluding carboxylic acids is 1. The lowest BCUT2D eigenvalue weighted by molar-refractivity contribution is 0.0952. The van der Waals surface area contributed by atoms with Gasteiger partial charge in [0.1, 0.15) is 0 Å². The number of hydrogen-bond donors (Lipinski definition) is 1. The molecule has 0 saturated carbocycles. The van der Waals surface area contributed by atoms with Crippen molar-refractivity contribution in [2.75, 3.05) is 0 Å². The number of aromatic nitrogens is 3. The maximum absolute atomic E-state index is 12.3. The molecule has 0 spiro atoms. The molecule has 0 fully saturated rings. The fraction of sp³-hybridized carbons (Fsp3) is 0.133. The third-order valence-electron chi connectivity index (χ3n) is 3.10. The Hall–Kier alpha value is -2.69. The number of nitrogens with zero attached hydrogens (tertiary/aromatic N) is 3. The largest absolute Gasteiger partial charge is 0.348 e. The van der Waals surface area contributed by atoms with Gasteiger partial charge in [0, 0.05) is 42.5 Å². The molecule has 2 heterocycles. The van der Waals surface area contributed by atoms with Crippen LogP contribution < -0.4 is 5.32 Å². The van der Waals surface area contributed by atoms with Gasteiger partial charge in [-0.05, 0) is 18.2 Å². The highest BCUT2D eigenvalue weighted by atomic mass is 16.1. The van der Waals surface area contributed by atoms with Crippen LogP contribution in [0.3, 0.4) is 0 Å². The summed E-state index contributed by atoms with van der Waals surface area (Å²) in [6.07, 6.45) is 5.34. The zero-order valence-corrected chi connectivity index (χ0v) is 11.1. The summed E-state index contributed by atoms with van der Waals surface area (Å²) >= 11 is 0. The fourth-order valence-corrected chi connectivity index (χ4v) is 2.14. The molecule has 5 nitrogen and oxygen atoms in total. The molecule has 0 aliphatic heterocycles. The van der Waals surface area contributed by atoms with Crippen molar-refractivity contribution in [2.45, 2.75) is 6.54 Å². The van der Waals surface area contributed by atoms with E-state index >= 15 is 0 Å². The topological polar surface area (TPSA) is 59.8 Å². The third-order valence-corrected chi connectivity index (χ3v) is 3.10. The van der Waals surface area contributed by atoms with Gasteiger partial charge in [-0.2, -0.15) is 5.10 Å². The van der Waals surface area contributed by atoms with Crippen molar-refractivity contribution in [2.24, 2.45) is 7.05 Å². The maximum atomic E-state index is 12.3. The van der Waals surface area contributed by atoms with E-state index in [4.69, 9.17) is 0 Å². The number of aryl methyl sites for hydroxylation is 1. The van der Waals surface area contributed by atoms with E-state index in [1.807, 2.05) is 43.6 Å². The highest BCUT2D eigenvalue weighted by molar-refractivity contribution is 6.06. The summed E-state index contributed by atoms with van der Waals surface area (Å²) in [4.78, 5) is 16.5. The number of amides is 1. The summed E-state index contributed by atoms with van der Waals surface area (Å²) in [6.45, 7) is 0.462. The smallest absolute Gasteiger partial charge is 0.252 e. The molecular weight excluding hydrogens is 252 g/mol. The molecule has 0 saturated heterocycles. The lowest BCUT2D eigenvalue weighted by Crippen LogP contribution is -2.22. The van der Waals surface area contributed by atoms with Gasteiger partial charge >= 0.3 is 0 Å². The van der Waals surface area contributed by atoms with Crippen LogP contribution in [-0.2, 0) is 13.6 Å². The Balaban J connectivity index is 1.82. The van der Waals surface area contributed by atoms with Crippen LogP contribution >= 0.6 is 0 Å². The van der Waals surface area contributed by atoms with Gasteiger partial charge in [-0.1, -0.05) is 12.1 Å². The zero-order chi connectivity index (χ0) is 13.9. The first-order valence-corrected chi connectivity index (χ1v) is 6.33. The number of nitrogens with one attached hydrogen (secondary N) is 1. The minimum Gasteiger partial charge on any atom is -0.348 e. The molecule has 0 bridgehead atoms. The van der Waals surface area contributed by atoms with Crippen molar-refractivity contribution in [3.63, 3.8) is 0 Å². The number of rotatable bonds is 3. The molecule has 1 N–H and O–H groups in total. The summed E-state index contributed by atoms with van der Waals surface area (Å²) in [6, 6.07) is 9.28. The van der Waals surface area contributed by atoms with Crippen LogP contribution in [0, 0.1) is 0 Å². The average molecular weight is 266 g/mol. The first-order chi connectivity index (χ1) is 9.74. The molecular formula is C15H14N4O. The van der Waals surface area contributed by atoms with Crippen LogP contribution in [0.15, 0.2) is 48.9 Å². The van der Waals surface area contributed by atoms with Gasteiger partial charge in [-0.25, -0.2) is 0 Å². The Bertz CT molecular complexity index is 758. The summed E-state index contributed by atoms with van der Waals surface area (Å²) < 4.78 is 1.71. The Kier molecular flexibility index (Phi) is 3.16. The van der Waals surface area contributed by atoms with Crippen LogP contribution in [0.25, 0.3) is 10.9 Å². The molecule has 100 valence electrons. The number of pyridine rings is 1. The number of fused-ring (bicyclic) bond motifs is 1. The zero-order valence-electron chi connectivity index (χ0n) is 11.1.